The van der Waals surface area contributed by atoms with Gasteiger partial charge in [-0.1, -0.05) is 12.1 Å². The average molecular weight is 368 g/mol. The van der Waals surface area contributed by atoms with E-state index in [4.69, 9.17) is 17.0 Å². The number of carbonyl (C=O) groups excluding carboxylic acids is 1. The normalized spacial score (nSPS) is 20.2. The van der Waals surface area contributed by atoms with Crippen LogP contribution in [0.3, 0.4) is 0 Å². The fraction of sp³-hybridized carbons (Fsp3) is 0.316. The highest BCUT2D eigenvalue weighted by atomic mass is 32.1. The number of aromatic nitrogens is 2. The van der Waals surface area contributed by atoms with E-state index in [0.717, 1.165) is 29.8 Å². The first-order chi connectivity index (χ1) is 12.6. The van der Waals surface area contributed by atoms with E-state index >= 15 is 0 Å². The van der Waals surface area contributed by atoms with Gasteiger partial charge in [-0.2, -0.15) is 0 Å². The standard InChI is InChI=1S/C19H20N4O2S/c1-12-16(18(24)25-2)17(21-19(26)23(12)15-7-8-15)13-3-5-14(6-4-13)22-10-9-20-11-22/h3-6,9-11,15,17H,7-8H2,1-2H3,(H,21,26). The van der Waals surface area contributed by atoms with Crippen LogP contribution in [0.5, 0.6) is 0 Å². The maximum atomic E-state index is 12.5. The summed E-state index contributed by atoms with van der Waals surface area (Å²) < 4.78 is 6.99. The Morgan fingerprint density at radius 1 is 1.31 bits per heavy atom. The lowest BCUT2D eigenvalue weighted by Gasteiger charge is -2.37. The summed E-state index contributed by atoms with van der Waals surface area (Å²) in [4.78, 5) is 18.6. The summed E-state index contributed by atoms with van der Waals surface area (Å²) in [5.74, 6) is -0.327. The largest absolute Gasteiger partial charge is 0.466 e. The van der Waals surface area contributed by atoms with Gasteiger partial charge in [0, 0.05) is 29.8 Å². The minimum atomic E-state index is -0.327. The van der Waals surface area contributed by atoms with Crippen LogP contribution in [0.25, 0.3) is 5.69 Å². The van der Waals surface area contributed by atoms with Crippen LogP contribution in [0.4, 0.5) is 0 Å². The van der Waals surface area contributed by atoms with E-state index in [9.17, 15) is 4.79 Å². The Morgan fingerprint density at radius 3 is 2.62 bits per heavy atom. The molecule has 1 unspecified atom stereocenters. The van der Waals surface area contributed by atoms with Crippen LogP contribution in [-0.4, -0.2) is 38.7 Å². The zero-order valence-corrected chi connectivity index (χ0v) is 15.5. The topological polar surface area (TPSA) is 59.4 Å². The maximum Gasteiger partial charge on any atom is 0.337 e. The fourth-order valence-electron chi connectivity index (χ4n) is 3.40. The Bertz CT molecular complexity index is 869. The van der Waals surface area contributed by atoms with Gasteiger partial charge in [-0.05, 0) is 49.7 Å². The van der Waals surface area contributed by atoms with Crippen LogP contribution in [-0.2, 0) is 9.53 Å². The van der Waals surface area contributed by atoms with E-state index in [1.165, 1.54) is 7.11 Å². The highest BCUT2D eigenvalue weighted by Gasteiger charge is 2.40. The van der Waals surface area contributed by atoms with Gasteiger partial charge in [0.05, 0.1) is 25.1 Å². The van der Waals surface area contributed by atoms with Crippen LogP contribution in [0.1, 0.15) is 31.4 Å². The Labute approximate surface area is 157 Å². The Morgan fingerprint density at radius 2 is 2.04 bits per heavy atom. The number of carbonyl (C=O) groups is 1. The Balaban J connectivity index is 1.72. The summed E-state index contributed by atoms with van der Waals surface area (Å²) in [7, 11) is 1.41. The molecule has 1 aromatic heterocycles. The predicted octanol–water partition coefficient (Wildman–Crippen LogP) is 2.71. The molecule has 0 radical (unpaired) electrons. The number of imidazole rings is 1. The van der Waals surface area contributed by atoms with Crippen molar-refractivity contribution < 1.29 is 9.53 Å². The molecule has 1 fully saturated rings. The van der Waals surface area contributed by atoms with Crippen LogP contribution < -0.4 is 5.32 Å². The first-order valence-electron chi connectivity index (χ1n) is 8.57. The molecule has 26 heavy (non-hydrogen) atoms. The van der Waals surface area contributed by atoms with Crippen molar-refractivity contribution in [1.82, 2.24) is 19.8 Å². The number of benzene rings is 1. The molecule has 4 rings (SSSR count). The second kappa shape index (κ2) is 6.57. The minimum Gasteiger partial charge on any atom is -0.466 e. The first kappa shape index (κ1) is 16.8. The summed E-state index contributed by atoms with van der Waals surface area (Å²) in [6.07, 6.45) is 7.57. The van der Waals surface area contributed by atoms with Crippen molar-refractivity contribution in [3.05, 3.63) is 59.8 Å². The number of rotatable bonds is 4. The fourth-order valence-corrected chi connectivity index (χ4v) is 3.81. The minimum absolute atomic E-state index is 0.318. The van der Waals surface area contributed by atoms with Crippen molar-refractivity contribution in [2.24, 2.45) is 0 Å². The van der Waals surface area contributed by atoms with Gasteiger partial charge in [0.25, 0.3) is 0 Å². The molecule has 2 aliphatic rings. The molecule has 1 aliphatic carbocycles. The lowest BCUT2D eigenvalue weighted by Crippen LogP contribution is -2.48. The second-order valence-electron chi connectivity index (χ2n) is 6.54. The smallest absolute Gasteiger partial charge is 0.337 e. The molecular weight excluding hydrogens is 348 g/mol. The van der Waals surface area contributed by atoms with Crippen LogP contribution in [0.15, 0.2) is 54.3 Å². The summed E-state index contributed by atoms with van der Waals surface area (Å²) in [6.45, 7) is 1.95. The molecule has 1 saturated carbocycles. The van der Waals surface area contributed by atoms with Crippen LogP contribution >= 0.6 is 12.2 Å². The van der Waals surface area contributed by atoms with Crippen molar-refractivity contribution >= 4 is 23.3 Å². The molecule has 1 aromatic carbocycles. The summed E-state index contributed by atoms with van der Waals surface area (Å²) in [6, 6.07) is 8.07. The summed E-state index contributed by atoms with van der Waals surface area (Å²) >= 11 is 5.58. The number of nitrogens with one attached hydrogen (secondary N) is 1. The third-order valence-corrected chi connectivity index (χ3v) is 5.19. The predicted molar refractivity (Wildman–Crippen MR) is 102 cm³/mol. The third-order valence-electron chi connectivity index (χ3n) is 4.87. The molecule has 1 atom stereocenters. The molecule has 0 spiro atoms. The Hall–Kier alpha value is -2.67. The number of ether oxygens (including phenoxy) is 1. The van der Waals surface area contributed by atoms with Crippen LogP contribution in [0, 0.1) is 0 Å². The molecule has 0 amide bonds. The number of esters is 1. The highest BCUT2D eigenvalue weighted by molar-refractivity contribution is 7.80. The monoisotopic (exact) mass is 368 g/mol. The van der Waals surface area contributed by atoms with Gasteiger partial charge in [-0.15, -0.1) is 0 Å². The molecule has 1 aliphatic heterocycles. The second-order valence-corrected chi connectivity index (χ2v) is 6.92. The summed E-state index contributed by atoms with van der Waals surface area (Å²) in [5, 5.41) is 4.00. The third kappa shape index (κ3) is 2.88. The van der Waals surface area contributed by atoms with E-state index < -0.39 is 0 Å². The van der Waals surface area contributed by atoms with Crippen LogP contribution in [0.2, 0.25) is 0 Å². The van der Waals surface area contributed by atoms with E-state index in [1.54, 1.807) is 12.5 Å². The van der Waals surface area contributed by atoms with Crippen molar-refractivity contribution in [3.63, 3.8) is 0 Å². The highest BCUT2D eigenvalue weighted by Crippen LogP contribution is 2.38. The van der Waals surface area contributed by atoms with Crippen molar-refractivity contribution in [1.29, 1.82) is 0 Å². The van der Waals surface area contributed by atoms with Crippen molar-refractivity contribution in [2.45, 2.75) is 31.8 Å². The first-order valence-corrected chi connectivity index (χ1v) is 8.98. The molecule has 0 bridgehead atoms. The van der Waals surface area contributed by atoms with Gasteiger partial charge in [0.15, 0.2) is 5.11 Å². The average Bonchev–Trinajstić information content (AvgIpc) is 3.32. The van der Waals surface area contributed by atoms with Gasteiger partial charge in [-0.25, -0.2) is 9.78 Å². The zero-order valence-electron chi connectivity index (χ0n) is 14.7. The molecule has 2 aromatic rings. The van der Waals surface area contributed by atoms with Crippen molar-refractivity contribution in [3.8, 4) is 5.69 Å². The van der Waals surface area contributed by atoms with Gasteiger partial charge in [0.1, 0.15) is 0 Å². The van der Waals surface area contributed by atoms with Gasteiger partial charge in [0.2, 0.25) is 0 Å². The SMILES string of the molecule is COC(=O)C1=C(C)N(C2CC2)C(=S)NC1c1ccc(-n2ccnc2)cc1. The van der Waals surface area contributed by atoms with E-state index in [-0.39, 0.29) is 12.0 Å². The Kier molecular flexibility index (Phi) is 4.24. The number of hydrogen-bond donors (Lipinski definition) is 1. The lowest BCUT2D eigenvalue weighted by atomic mass is 9.94. The quantitative estimate of drug-likeness (QED) is 0.661. The van der Waals surface area contributed by atoms with Gasteiger partial charge >= 0.3 is 5.97 Å². The molecule has 0 saturated heterocycles. The van der Waals surface area contributed by atoms with Gasteiger partial charge in [-0.3, -0.25) is 0 Å². The molecular formula is C19H20N4O2S. The van der Waals surface area contributed by atoms with Gasteiger partial charge < -0.3 is 19.5 Å². The number of allylic oxidation sites excluding steroid dienone is 1. The zero-order chi connectivity index (χ0) is 18.3. The number of nitrogens with zero attached hydrogens (tertiary/aromatic N) is 3. The number of hydrogen-bond acceptors (Lipinski definition) is 4. The molecule has 6 nitrogen and oxygen atoms in total. The summed E-state index contributed by atoms with van der Waals surface area (Å²) in [5.41, 5.74) is 3.46. The molecule has 134 valence electrons. The van der Waals surface area contributed by atoms with E-state index in [2.05, 4.69) is 15.2 Å². The molecule has 7 heteroatoms. The molecule has 1 N–H and O–H groups in total. The van der Waals surface area contributed by atoms with E-state index in [0.29, 0.717) is 16.7 Å². The van der Waals surface area contributed by atoms with Crippen molar-refractivity contribution in [2.75, 3.05) is 7.11 Å². The van der Waals surface area contributed by atoms with E-state index in [1.807, 2.05) is 42.0 Å². The lowest BCUT2D eigenvalue weighted by molar-refractivity contribution is -0.136. The number of thiocarbonyl (C=S) groups is 1. The maximum absolute atomic E-state index is 12.5. The number of methoxy groups -OCH3 is 1. The molecule has 2 heterocycles.